The van der Waals surface area contributed by atoms with Crippen LogP contribution in [0.3, 0.4) is 0 Å². The molecule has 1 aromatic carbocycles. The highest BCUT2D eigenvalue weighted by molar-refractivity contribution is 5.89. The first-order valence-electron chi connectivity index (χ1n) is 8.48. The number of hydrogen-bond donors (Lipinski definition) is 4. The van der Waals surface area contributed by atoms with Gasteiger partial charge in [-0.15, -0.1) is 0 Å². The molecule has 10 heteroatoms. The van der Waals surface area contributed by atoms with Gasteiger partial charge in [0.1, 0.15) is 5.75 Å². The van der Waals surface area contributed by atoms with Gasteiger partial charge >= 0.3 is 23.9 Å². The van der Waals surface area contributed by atoms with Crippen LogP contribution in [0.25, 0.3) is 0 Å². The standard InChI is InChI=1S/C18H21NO9/c1-27-14(22)6-5-10-9-19-11-3-2-4-12(16(10)11)28-15(23)8-18(26,17(24)25)7-13(20)21/h2-4,10,19,26H,5-9H2,1H3,(H,20,21)(H,24,25). The van der Waals surface area contributed by atoms with E-state index in [1.165, 1.54) is 13.2 Å². The van der Waals surface area contributed by atoms with Gasteiger partial charge in [0.15, 0.2) is 5.60 Å². The van der Waals surface area contributed by atoms with Gasteiger partial charge in [0, 0.05) is 30.1 Å². The van der Waals surface area contributed by atoms with Crippen molar-refractivity contribution in [2.24, 2.45) is 0 Å². The van der Waals surface area contributed by atoms with Gasteiger partial charge in [0.05, 0.1) is 20.0 Å². The van der Waals surface area contributed by atoms with E-state index in [0.717, 1.165) is 0 Å². The first-order chi connectivity index (χ1) is 13.2. The smallest absolute Gasteiger partial charge is 0.336 e. The van der Waals surface area contributed by atoms with Crippen molar-refractivity contribution < 1.29 is 44.0 Å². The minimum absolute atomic E-state index is 0.143. The zero-order valence-electron chi connectivity index (χ0n) is 15.1. The van der Waals surface area contributed by atoms with Crippen molar-refractivity contribution in [1.29, 1.82) is 0 Å². The quantitative estimate of drug-likeness (QED) is 0.347. The van der Waals surface area contributed by atoms with Crippen molar-refractivity contribution >= 4 is 29.6 Å². The summed E-state index contributed by atoms with van der Waals surface area (Å²) in [6.45, 7) is 0.513. The molecule has 0 spiro atoms. The van der Waals surface area contributed by atoms with Gasteiger partial charge in [0.25, 0.3) is 0 Å². The number of nitrogens with one attached hydrogen (secondary N) is 1. The lowest BCUT2D eigenvalue weighted by Crippen LogP contribution is -2.43. The predicted molar refractivity (Wildman–Crippen MR) is 94.0 cm³/mol. The molecule has 0 saturated heterocycles. The molecule has 152 valence electrons. The lowest BCUT2D eigenvalue weighted by molar-refractivity contribution is -0.169. The molecular weight excluding hydrogens is 374 g/mol. The summed E-state index contributed by atoms with van der Waals surface area (Å²) in [4.78, 5) is 45.6. The highest BCUT2D eigenvalue weighted by Crippen LogP contribution is 2.41. The zero-order valence-corrected chi connectivity index (χ0v) is 15.1. The molecule has 0 radical (unpaired) electrons. The summed E-state index contributed by atoms with van der Waals surface area (Å²) >= 11 is 0. The number of aliphatic carboxylic acids is 2. The number of benzene rings is 1. The molecule has 0 aliphatic carbocycles. The number of rotatable bonds is 9. The maximum absolute atomic E-state index is 12.2. The highest BCUT2D eigenvalue weighted by atomic mass is 16.5. The number of carboxylic acid groups (broad SMARTS) is 2. The Morgan fingerprint density at radius 3 is 2.50 bits per heavy atom. The fourth-order valence-corrected chi connectivity index (χ4v) is 3.05. The second kappa shape index (κ2) is 8.70. The topological polar surface area (TPSA) is 159 Å². The van der Waals surface area contributed by atoms with Gasteiger partial charge in [-0.25, -0.2) is 4.79 Å². The summed E-state index contributed by atoms with van der Waals surface area (Å²) in [5.41, 5.74) is -1.42. The first kappa shape index (κ1) is 21.2. The van der Waals surface area contributed by atoms with Gasteiger partial charge in [-0.1, -0.05) is 6.07 Å². The molecule has 10 nitrogen and oxygen atoms in total. The number of fused-ring (bicyclic) bond motifs is 1. The molecule has 0 bridgehead atoms. The molecule has 1 aliphatic heterocycles. The molecule has 0 saturated carbocycles. The van der Waals surface area contributed by atoms with E-state index in [-0.39, 0.29) is 24.1 Å². The summed E-state index contributed by atoms with van der Waals surface area (Å²) < 4.78 is 9.86. The molecule has 4 N–H and O–H groups in total. The van der Waals surface area contributed by atoms with Crippen molar-refractivity contribution in [3.63, 3.8) is 0 Å². The number of carboxylic acids is 2. The molecular formula is C18H21NO9. The summed E-state index contributed by atoms with van der Waals surface area (Å²) in [5.74, 6) is -4.84. The van der Waals surface area contributed by atoms with Crippen molar-refractivity contribution in [2.75, 3.05) is 19.0 Å². The predicted octanol–water partition coefficient (Wildman–Crippen LogP) is 0.735. The van der Waals surface area contributed by atoms with Gasteiger partial charge < -0.3 is 30.1 Å². The Hall–Kier alpha value is -3.14. The van der Waals surface area contributed by atoms with Crippen LogP contribution in [0.1, 0.15) is 37.2 Å². The van der Waals surface area contributed by atoms with Crippen LogP contribution in [-0.2, 0) is 23.9 Å². The highest BCUT2D eigenvalue weighted by Gasteiger charge is 2.42. The van der Waals surface area contributed by atoms with Crippen LogP contribution < -0.4 is 10.1 Å². The minimum atomic E-state index is -2.77. The Morgan fingerprint density at radius 1 is 1.18 bits per heavy atom. The third-order valence-corrected chi connectivity index (χ3v) is 4.44. The van der Waals surface area contributed by atoms with Crippen molar-refractivity contribution in [2.45, 2.75) is 37.2 Å². The molecule has 2 unspecified atom stereocenters. The van der Waals surface area contributed by atoms with Gasteiger partial charge in [-0.05, 0) is 18.6 Å². The number of carbonyl (C=O) groups excluding carboxylic acids is 2. The molecule has 0 amide bonds. The van der Waals surface area contributed by atoms with Gasteiger partial charge in [-0.2, -0.15) is 0 Å². The Labute approximate surface area is 160 Å². The molecule has 28 heavy (non-hydrogen) atoms. The largest absolute Gasteiger partial charge is 0.481 e. The summed E-state index contributed by atoms with van der Waals surface area (Å²) in [7, 11) is 1.29. The second-order valence-electron chi connectivity index (χ2n) is 6.47. The number of carbonyl (C=O) groups is 4. The van der Waals surface area contributed by atoms with E-state index in [4.69, 9.17) is 14.9 Å². The second-order valence-corrected chi connectivity index (χ2v) is 6.47. The summed E-state index contributed by atoms with van der Waals surface area (Å²) in [5, 5.41) is 30.9. The van der Waals surface area contributed by atoms with Crippen LogP contribution in [0.2, 0.25) is 0 Å². The first-order valence-corrected chi connectivity index (χ1v) is 8.48. The van der Waals surface area contributed by atoms with Crippen molar-refractivity contribution in [3.05, 3.63) is 23.8 Å². The van der Waals surface area contributed by atoms with Crippen molar-refractivity contribution in [3.8, 4) is 5.75 Å². The molecule has 1 aliphatic rings. The Balaban J connectivity index is 2.15. The molecule has 2 atom stereocenters. The number of hydrogen-bond acceptors (Lipinski definition) is 8. The van der Waals surface area contributed by atoms with Crippen LogP contribution in [0.4, 0.5) is 5.69 Å². The average molecular weight is 395 g/mol. The SMILES string of the molecule is COC(=O)CCC1CNc2cccc(OC(=O)CC(O)(CC(=O)O)C(=O)O)c21. The zero-order chi connectivity index (χ0) is 20.9. The lowest BCUT2D eigenvalue weighted by Gasteiger charge is -2.21. The third-order valence-electron chi connectivity index (χ3n) is 4.44. The van der Waals surface area contributed by atoms with E-state index in [9.17, 15) is 24.3 Å². The maximum atomic E-state index is 12.2. The number of aliphatic hydroxyl groups is 1. The van der Waals surface area contributed by atoms with E-state index >= 15 is 0 Å². The summed E-state index contributed by atoms with van der Waals surface area (Å²) in [6.07, 6.45) is -1.56. The minimum Gasteiger partial charge on any atom is -0.481 e. The average Bonchev–Trinajstić information content (AvgIpc) is 3.02. The Morgan fingerprint density at radius 2 is 1.89 bits per heavy atom. The molecule has 0 fully saturated rings. The Bertz CT molecular complexity index is 791. The van der Waals surface area contributed by atoms with E-state index in [0.29, 0.717) is 24.2 Å². The molecule has 2 rings (SSSR count). The van der Waals surface area contributed by atoms with Crippen LogP contribution in [0.5, 0.6) is 5.75 Å². The van der Waals surface area contributed by atoms with Crippen LogP contribution in [-0.4, -0.2) is 58.5 Å². The fraction of sp³-hybridized carbons (Fsp3) is 0.444. The lowest BCUT2D eigenvalue weighted by atomic mass is 9.94. The fourth-order valence-electron chi connectivity index (χ4n) is 3.05. The van der Waals surface area contributed by atoms with Gasteiger partial charge in [-0.3, -0.25) is 14.4 Å². The normalized spacial score (nSPS) is 17.0. The molecule has 1 heterocycles. The Kier molecular flexibility index (Phi) is 6.57. The van der Waals surface area contributed by atoms with Crippen LogP contribution in [0.15, 0.2) is 18.2 Å². The number of ether oxygens (including phenoxy) is 2. The number of esters is 2. The van der Waals surface area contributed by atoms with E-state index in [2.05, 4.69) is 10.1 Å². The van der Waals surface area contributed by atoms with E-state index in [1.54, 1.807) is 12.1 Å². The van der Waals surface area contributed by atoms with Crippen LogP contribution in [0, 0.1) is 0 Å². The monoisotopic (exact) mass is 395 g/mol. The molecule has 1 aromatic rings. The third kappa shape index (κ3) is 4.97. The van der Waals surface area contributed by atoms with Crippen molar-refractivity contribution in [1.82, 2.24) is 0 Å². The summed E-state index contributed by atoms with van der Waals surface area (Å²) in [6, 6.07) is 4.90. The van der Waals surface area contributed by atoms with E-state index < -0.39 is 36.4 Å². The van der Waals surface area contributed by atoms with Gasteiger partial charge in [0.2, 0.25) is 0 Å². The van der Waals surface area contributed by atoms with E-state index in [1.807, 2.05) is 0 Å². The number of anilines is 1. The number of methoxy groups -OCH3 is 1. The van der Waals surface area contributed by atoms with Crippen LogP contribution >= 0.6 is 0 Å². The maximum Gasteiger partial charge on any atom is 0.336 e. The molecule has 0 aromatic heterocycles.